The minimum absolute atomic E-state index is 0.0763. The maximum Gasteiger partial charge on any atom is 0.256 e. The average Bonchev–Trinajstić information content (AvgIpc) is 2.64. The Labute approximate surface area is 156 Å². The Morgan fingerprint density at radius 3 is 2.65 bits per heavy atom. The summed E-state index contributed by atoms with van der Waals surface area (Å²) >= 11 is 0. The van der Waals surface area contributed by atoms with Crippen LogP contribution in [0.3, 0.4) is 0 Å². The van der Waals surface area contributed by atoms with Gasteiger partial charge in [0.1, 0.15) is 17.4 Å². The average molecular weight is 358 g/mol. The summed E-state index contributed by atoms with van der Waals surface area (Å²) in [6, 6.07) is 7.36. The number of rotatable bonds is 7. The van der Waals surface area contributed by atoms with Gasteiger partial charge in [0.2, 0.25) is 0 Å². The molecule has 1 fully saturated rings. The third-order valence-corrected chi connectivity index (χ3v) is 5.19. The van der Waals surface area contributed by atoms with E-state index in [1.54, 1.807) is 18.2 Å². The van der Waals surface area contributed by atoms with E-state index in [1.807, 2.05) is 20.8 Å². The summed E-state index contributed by atoms with van der Waals surface area (Å²) in [6.45, 7) is 8.64. The number of hydrogen-bond donors (Lipinski definition) is 1. The number of carbonyl (C=O) groups is 1. The molecule has 1 aromatic rings. The minimum Gasteiger partial charge on any atom is -0.491 e. The zero-order chi connectivity index (χ0) is 19.2. The van der Waals surface area contributed by atoms with Crippen LogP contribution in [-0.2, 0) is 9.53 Å². The molecule has 1 unspecified atom stereocenters. The molecule has 2 rings (SSSR count). The summed E-state index contributed by atoms with van der Waals surface area (Å²) in [7, 11) is 0. The highest BCUT2D eigenvalue weighted by Crippen LogP contribution is 2.36. The van der Waals surface area contributed by atoms with E-state index in [0.717, 1.165) is 19.3 Å². The number of benzene rings is 1. The van der Waals surface area contributed by atoms with Crippen molar-refractivity contribution in [2.75, 3.05) is 11.9 Å². The van der Waals surface area contributed by atoms with Crippen LogP contribution < -0.4 is 10.1 Å². The Bertz CT molecular complexity index is 658. The monoisotopic (exact) mass is 358 g/mol. The fourth-order valence-corrected chi connectivity index (χ4v) is 3.29. The topological polar surface area (TPSA) is 71.3 Å². The molecule has 0 bridgehead atoms. The molecule has 0 aromatic heterocycles. The third kappa shape index (κ3) is 4.76. The van der Waals surface area contributed by atoms with Crippen molar-refractivity contribution >= 4 is 11.6 Å². The first kappa shape index (κ1) is 20.3. The number of nitrogens with one attached hydrogen (secondary N) is 1. The van der Waals surface area contributed by atoms with Gasteiger partial charge in [0.25, 0.3) is 5.91 Å². The quantitative estimate of drug-likeness (QED) is 0.769. The smallest absolute Gasteiger partial charge is 0.256 e. The van der Waals surface area contributed by atoms with Gasteiger partial charge in [-0.25, -0.2) is 0 Å². The summed E-state index contributed by atoms with van der Waals surface area (Å²) in [5, 5.41) is 12.4. The third-order valence-electron chi connectivity index (χ3n) is 5.19. The highest BCUT2D eigenvalue weighted by molar-refractivity contribution is 5.98. The molecule has 142 valence electrons. The molecule has 0 aliphatic heterocycles. The Morgan fingerprint density at radius 2 is 2.08 bits per heavy atom. The molecular formula is C21H30N2O3. The summed E-state index contributed by atoms with van der Waals surface area (Å²) in [6.07, 6.45) is 4.33. The normalized spacial score (nSPS) is 23.7. The lowest BCUT2D eigenvalue weighted by atomic mass is 9.78. The van der Waals surface area contributed by atoms with Crippen molar-refractivity contribution in [3.05, 3.63) is 23.8 Å². The fraction of sp³-hybridized carbons (Fsp3) is 0.619. The molecule has 0 spiro atoms. The van der Waals surface area contributed by atoms with Crippen LogP contribution in [0, 0.1) is 17.2 Å². The van der Waals surface area contributed by atoms with E-state index in [4.69, 9.17) is 9.47 Å². The van der Waals surface area contributed by atoms with E-state index >= 15 is 0 Å². The zero-order valence-corrected chi connectivity index (χ0v) is 16.3. The molecule has 1 atom stereocenters. The van der Waals surface area contributed by atoms with Crippen LogP contribution in [0.1, 0.15) is 65.4 Å². The maximum atomic E-state index is 13.0. The number of nitriles is 1. The first-order valence-corrected chi connectivity index (χ1v) is 9.60. The van der Waals surface area contributed by atoms with E-state index in [9.17, 15) is 10.1 Å². The van der Waals surface area contributed by atoms with Gasteiger partial charge in [0.05, 0.1) is 17.4 Å². The van der Waals surface area contributed by atoms with E-state index in [1.165, 1.54) is 0 Å². The van der Waals surface area contributed by atoms with Crippen molar-refractivity contribution < 1.29 is 14.3 Å². The molecule has 0 heterocycles. The highest BCUT2D eigenvalue weighted by atomic mass is 16.5. The van der Waals surface area contributed by atoms with Gasteiger partial charge in [-0.3, -0.25) is 4.79 Å². The molecule has 1 saturated carbocycles. The van der Waals surface area contributed by atoms with Gasteiger partial charge in [0, 0.05) is 12.7 Å². The molecule has 1 aliphatic rings. The SMILES string of the molecule is CCOC1(C(=O)Nc2ccc(OC(C)CC)cc2C#N)CCC(C)CC1. The predicted octanol–water partition coefficient (Wildman–Crippen LogP) is 4.66. The molecule has 5 heteroatoms. The van der Waals surface area contributed by atoms with Crippen LogP contribution in [0.4, 0.5) is 5.69 Å². The van der Waals surface area contributed by atoms with Gasteiger partial charge in [-0.2, -0.15) is 5.26 Å². The maximum absolute atomic E-state index is 13.0. The number of amides is 1. The Balaban J connectivity index is 2.18. The lowest BCUT2D eigenvalue weighted by Gasteiger charge is -2.37. The Kier molecular flexibility index (Phi) is 7.05. The van der Waals surface area contributed by atoms with Crippen molar-refractivity contribution in [3.8, 4) is 11.8 Å². The van der Waals surface area contributed by atoms with Crippen LogP contribution in [0.25, 0.3) is 0 Å². The van der Waals surface area contributed by atoms with Crippen molar-refractivity contribution in [2.24, 2.45) is 5.92 Å². The molecular weight excluding hydrogens is 328 g/mol. The number of carbonyl (C=O) groups excluding carboxylic acids is 1. The van der Waals surface area contributed by atoms with E-state index in [2.05, 4.69) is 18.3 Å². The zero-order valence-electron chi connectivity index (χ0n) is 16.3. The summed E-state index contributed by atoms with van der Waals surface area (Å²) in [4.78, 5) is 13.0. The van der Waals surface area contributed by atoms with Crippen molar-refractivity contribution in [3.63, 3.8) is 0 Å². The molecule has 0 saturated heterocycles. The van der Waals surface area contributed by atoms with E-state index < -0.39 is 5.60 Å². The van der Waals surface area contributed by atoms with Gasteiger partial charge in [-0.15, -0.1) is 0 Å². The fourth-order valence-electron chi connectivity index (χ4n) is 3.29. The van der Waals surface area contributed by atoms with Crippen LogP contribution in [0.15, 0.2) is 18.2 Å². The minimum atomic E-state index is -0.792. The standard InChI is InChI=1S/C21H30N2O3/c1-5-16(4)26-18-7-8-19(17(13-18)14-22)23-20(24)21(25-6-2)11-9-15(3)10-12-21/h7-8,13,15-16H,5-6,9-12H2,1-4H3,(H,23,24). The number of nitrogens with zero attached hydrogens (tertiary/aromatic N) is 1. The van der Waals surface area contributed by atoms with Crippen LogP contribution in [0.2, 0.25) is 0 Å². The number of anilines is 1. The Hall–Kier alpha value is -2.06. The van der Waals surface area contributed by atoms with E-state index in [-0.39, 0.29) is 12.0 Å². The number of ether oxygens (including phenoxy) is 2. The predicted molar refractivity (Wildman–Crippen MR) is 102 cm³/mol. The molecule has 5 nitrogen and oxygen atoms in total. The molecule has 1 aliphatic carbocycles. The summed E-state index contributed by atoms with van der Waals surface area (Å²) in [5.74, 6) is 1.10. The second-order valence-electron chi connectivity index (χ2n) is 7.22. The second kappa shape index (κ2) is 9.05. The van der Waals surface area contributed by atoms with Gasteiger partial charge in [0.15, 0.2) is 0 Å². The van der Waals surface area contributed by atoms with Gasteiger partial charge in [-0.1, -0.05) is 13.8 Å². The van der Waals surface area contributed by atoms with Crippen molar-refractivity contribution in [1.82, 2.24) is 0 Å². The van der Waals surface area contributed by atoms with Crippen LogP contribution in [-0.4, -0.2) is 24.2 Å². The molecule has 26 heavy (non-hydrogen) atoms. The van der Waals surface area contributed by atoms with Crippen LogP contribution >= 0.6 is 0 Å². The highest BCUT2D eigenvalue weighted by Gasteiger charge is 2.42. The molecule has 1 amide bonds. The van der Waals surface area contributed by atoms with Gasteiger partial charge in [-0.05, 0) is 64.0 Å². The van der Waals surface area contributed by atoms with Gasteiger partial charge >= 0.3 is 0 Å². The second-order valence-corrected chi connectivity index (χ2v) is 7.22. The molecule has 0 radical (unpaired) electrons. The molecule has 1 N–H and O–H groups in total. The van der Waals surface area contributed by atoms with Crippen molar-refractivity contribution in [1.29, 1.82) is 5.26 Å². The lowest BCUT2D eigenvalue weighted by Crippen LogP contribution is -2.48. The first-order chi connectivity index (χ1) is 12.4. The molecule has 1 aromatic carbocycles. The summed E-state index contributed by atoms with van der Waals surface area (Å²) in [5.41, 5.74) is 0.113. The van der Waals surface area contributed by atoms with Crippen molar-refractivity contribution in [2.45, 2.75) is 71.5 Å². The summed E-state index contributed by atoms with van der Waals surface area (Å²) < 4.78 is 11.7. The van der Waals surface area contributed by atoms with E-state index in [0.29, 0.717) is 42.4 Å². The Morgan fingerprint density at radius 1 is 1.38 bits per heavy atom. The lowest BCUT2D eigenvalue weighted by molar-refractivity contribution is -0.146. The largest absolute Gasteiger partial charge is 0.491 e. The first-order valence-electron chi connectivity index (χ1n) is 9.60. The van der Waals surface area contributed by atoms with Gasteiger partial charge < -0.3 is 14.8 Å². The number of hydrogen-bond acceptors (Lipinski definition) is 4. The van der Waals surface area contributed by atoms with Crippen LogP contribution in [0.5, 0.6) is 5.75 Å².